The van der Waals surface area contributed by atoms with E-state index in [-0.39, 0.29) is 12.5 Å². The molecular weight excluding hydrogens is 172 g/mol. The van der Waals surface area contributed by atoms with Crippen LogP contribution in [0.25, 0.3) is 0 Å². The smallest absolute Gasteiger partial charge is 0.434 e. The van der Waals surface area contributed by atoms with E-state index in [1.165, 1.54) is 0 Å². The van der Waals surface area contributed by atoms with Crippen LogP contribution in [0.4, 0.5) is 9.59 Å². The van der Waals surface area contributed by atoms with Crippen LogP contribution in [0, 0.1) is 5.92 Å². The first-order valence-electron chi connectivity index (χ1n) is 3.06. The van der Waals surface area contributed by atoms with Crippen LogP contribution < -0.4 is 0 Å². The summed E-state index contributed by atoms with van der Waals surface area (Å²) in [5.41, 5.74) is -1.18. The summed E-state index contributed by atoms with van der Waals surface area (Å²) in [4.78, 5) is 20.3. The molecule has 0 aromatic carbocycles. The fraction of sp³-hybridized carbons (Fsp3) is 0.667. The Labute approximate surface area is 69.4 Å². The monoisotopic (exact) mass is 180 g/mol. The van der Waals surface area contributed by atoms with Crippen molar-refractivity contribution in [1.29, 1.82) is 0 Å². The highest BCUT2D eigenvalue weighted by Crippen LogP contribution is 1.96. The molecule has 0 unspecified atom stereocenters. The lowest BCUT2D eigenvalue weighted by atomic mass is 10.2. The van der Waals surface area contributed by atoms with Gasteiger partial charge in [0, 0.05) is 11.6 Å². The van der Waals surface area contributed by atoms with Gasteiger partial charge < -0.3 is 9.47 Å². The van der Waals surface area contributed by atoms with E-state index in [4.69, 9.17) is 11.6 Å². The van der Waals surface area contributed by atoms with Crippen LogP contribution in [0.5, 0.6) is 0 Å². The lowest BCUT2D eigenvalue weighted by Crippen LogP contribution is -2.12. The van der Waals surface area contributed by atoms with Gasteiger partial charge in [0.05, 0.1) is 6.61 Å². The third kappa shape index (κ3) is 7.12. The summed E-state index contributed by atoms with van der Waals surface area (Å²) in [6.45, 7) is 3.93. The molecule has 0 N–H and O–H groups in total. The quantitative estimate of drug-likeness (QED) is 0.371. The highest BCUT2D eigenvalue weighted by molar-refractivity contribution is 6.61. The second kappa shape index (κ2) is 4.96. The normalized spacial score (nSPS) is 9.45. The molecule has 0 atom stereocenters. The van der Waals surface area contributed by atoms with Crippen molar-refractivity contribution >= 4 is 23.2 Å². The van der Waals surface area contributed by atoms with Crippen LogP contribution in [0.3, 0.4) is 0 Å². The van der Waals surface area contributed by atoms with Gasteiger partial charge in [0.25, 0.3) is 0 Å². The van der Waals surface area contributed by atoms with Crippen molar-refractivity contribution in [2.45, 2.75) is 13.8 Å². The average molecular weight is 181 g/mol. The first-order chi connectivity index (χ1) is 5.02. The van der Waals surface area contributed by atoms with Gasteiger partial charge in [-0.15, -0.1) is 0 Å². The first kappa shape index (κ1) is 10.2. The van der Waals surface area contributed by atoms with E-state index in [1.807, 2.05) is 13.8 Å². The second-order valence-electron chi connectivity index (χ2n) is 2.29. The predicted molar refractivity (Wildman–Crippen MR) is 38.5 cm³/mol. The maximum absolute atomic E-state index is 10.4. The molecule has 0 rings (SSSR count). The predicted octanol–water partition coefficient (Wildman–Crippen LogP) is 2.15. The van der Waals surface area contributed by atoms with Crippen LogP contribution in [0.15, 0.2) is 0 Å². The molecule has 0 spiro atoms. The Morgan fingerprint density at radius 2 is 2.00 bits per heavy atom. The molecule has 5 heteroatoms. The number of carbonyl (C=O) groups excluding carboxylic acids is 2. The van der Waals surface area contributed by atoms with Crippen LogP contribution in [-0.4, -0.2) is 18.2 Å². The van der Waals surface area contributed by atoms with E-state index in [1.54, 1.807) is 0 Å². The SMILES string of the molecule is CC(C)COC(=O)OC(=O)Cl. The molecule has 0 aliphatic carbocycles. The number of rotatable bonds is 2. The molecule has 0 heterocycles. The number of ether oxygens (including phenoxy) is 2. The van der Waals surface area contributed by atoms with E-state index >= 15 is 0 Å². The number of halogens is 1. The van der Waals surface area contributed by atoms with Crippen molar-refractivity contribution in [2.75, 3.05) is 6.61 Å². The fourth-order valence-electron chi connectivity index (χ4n) is 0.330. The first-order valence-corrected chi connectivity index (χ1v) is 3.44. The Kier molecular flexibility index (Phi) is 4.61. The summed E-state index contributed by atoms with van der Waals surface area (Å²) >= 11 is 4.73. The van der Waals surface area contributed by atoms with E-state index in [2.05, 4.69) is 9.47 Å². The van der Waals surface area contributed by atoms with Crippen molar-refractivity contribution in [3.05, 3.63) is 0 Å². The maximum Gasteiger partial charge on any atom is 0.517 e. The van der Waals surface area contributed by atoms with Gasteiger partial charge in [-0.2, -0.15) is 0 Å². The summed E-state index contributed by atoms with van der Waals surface area (Å²) in [5.74, 6) is 0.202. The number of hydrogen-bond donors (Lipinski definition) is 0. The van der Waals surface area contributed by atoms with Gasteiger partial charge in [-0.25, -0.2) is 9.59 Å². The molecule has 0 saturated heterocycles. The van der Waals surface area contributed by atoms with Gasteiger partial charge in [0.1, 0.15) is 0 Å². The summed E-state index contributed by atoms with van der Waals surface area (Å²) in [6.07, 6.45) is -1.06. The van der Waals surface area contributed by atoms with Gasteiger partial charge in [-0.3, -0.25) is 0 Å². The Balaban J connectivity index is 3.46. The van der Waals surface area contributed by atoms with Gasteiger partial charge in [-0.05, 0) is 5.92 Å². The molecule has 4 nitrogen and oxygen atoms in total. The Morgan fingerprint density at radius 1 is 1.45 bits per heavy atom. The Hall–Kier alpha value is -0.770. The molecule has 0 radical (unpaired) electrons. The topological polar surface area (TPSA) is 52.6 Å². The van der Waals surface area contributed by atoms with Crippen molar-refractivity contribution in [2.24, 2.45) is 5.92 Å². The van der Waals surface area contributed by atoms with E-state index in [9.17, 15) is 9.59 Å². The Bertz CT molecular complexity index is 155. The van der Waals surface area contributed by atoms with Crippen LogP contribution in [-0.2, 0) is 9.47 Å². The molecule has 0 bridgehead atoms. The summed E-state index contributed by atoms with van der Waals surface area (Å²) in [5, 5.41) is 0. The highest BCUT2D eigenvalue weighted by atomic mass is 35.5. The number of carbonyl (C=O) groups is 2. The minimum Gasteiger partial charge on any atom is -0.434 e. The third-order valence-electron chi connectivity index (χ3n) is 0.698. The van der Waals surface area contributed by atoms with Crippen molar-refractivity contribution in [3.8, 4) is 0 Å². The largest absolute Gasteiger partial charge is 0.517 e. The van der Waals surface area contributed by atoms with Crippen molar-refractivity contribution in [3.63, 3.8) is 0 Å². The molecule has 0 saturated carbocycles. The fourth-order valence-corrected chi connectivity index (χ4v) is 0.393. The number of hydrogen-bond acceptors (Lipinski definition) is 4. The summed E-state index contributed by atoms with van der Waals surface area (Å²) in [7, 11) is 0. The van der Waals surface area contributed by atoms with E-state index in [0.29, 0.717) is 0 Å². The lowest BCUT2D eigenvalue weighted by Gasteiger charge is -2.04. The minimum atomic E-state index is -1.18. The second-order valence-corrected chi connectivity index (χ2v) is 2.60. The highest BCUT2D eigenvalue weighted by Gasteiger charge is 2.08. The zero-order chi connectivity index (χ0) is 8.85. The molecule has 0 fully saturated rings. The van der Waals surface area contributed by atoms with Gasteiger partial charge >= 0.3 is 11.6 Å². The van der Waals surface area contributed by atoms with E-state index < -0.39 is 11.6 Å². The zero-order valence-corrected chi connectivity index (χ0v) is 7.05. The van der Waals surface area contributed by atoms with Crippen LogP contribution in [0.2, 0.25) is 0 Å². The third-order valence-corrected chi connectivity index (χ3v) is 0.775. The van der Waals surface area contributed by atoms with Crippen molar-refractivity contribution < 1.29 is 19.1 Å². The van der Waals surface area contributed by atoms with Gasteiger partial charge in [0.2, 0.25) is 0 Å². The molecule has 0 amide bonds. The Morgan fingerprint density at radius 3 is 2.36 bits per heavy atom. The summed E-state index contributed by atoms with van der Waals surface area (Å²) in [6, 6.07) is 0. The zero-order valence-electron chi connectivity index (χ0n) is 6.30. The molecule has 0 aromatic rings. The van der Waals surface area contributed by atoms with E-state index in [0.717, 1.165) is 0 Å². The van der Waals surface area contributed by atoms with Gasteiger partial charge in [0.15, 0.2) is 0 Å². The average Bonchev–Trinajstić information content (AvgIpc) is 1.82. The lowest BCUT2D eigenvalue weighted by molar-refractivity contribution is 0.0741. The van der Waals surface area contributed by atoms with Crippen molar-refractivity contribution in [1.82, 2.24) is 0 Å². The maximum atomic E-state index is 10.4. The van der Waals surface area contributed by atoms with Gasteiger partial charge in [-0.1, -0.05) is 13.8 Å². The minimum absolute atomic E-state index is 0.202. The standard InChI is InChI=1S/C6H9ClO4/c1-4(2)3-10-6(9)11-5(7)8/h4H,3H2,1-2H3. The van der Waals surface area contributed by atoms with Crippen LogP contribution >= 0.6 is 11.6 Å². The molecule has 11 heavy (non-hydrogen) atoms. The molecule has 0 aliphatic rings. The molecule has 0 aliphatic heterocycles. The molecule has 64 valence electrons. The molecular formula is C6H9ClO4. The van der Waals surface area contributed by atoms with Crippen LogP contribution in [0.1, 0.15) is 13.8 Å². The summed E-state index contributed by atoms with van der Waals surface area (Å²) < 4.78 is 8.31. The molecule has 0 aromatic heterocycles.